The first-order valence-electron chi connectivity index (χ1n) is 6.71. The molecule has 16 heavy (non-hydrogen) atoms. The first-order valence-corrected chi connectivity index (χ1v) is 6.71. The molecule has 0 amide bonds. The van der Waals surface area contributed by atoms with Crippen LogP contribution in [0.4, 0.5) is 0 Å². The summed E-state index contributed by atoms with van der Waals surface area (Å²) in [6, 6.07) is 0.553. The van der Waals surface area contributed by atoms with Crippen molar-refractivity contribution in [1.82, 2.24) is 4.90 Å². The third-order valence-electron chi connectivity index (χ3n) is 3.59. The van der Waals surface area contributed by atoms with E-state index in [9.17, 15) is 4.79 Å². The van der Waals surface area contributed by atoms with E-state index in [0.29, 0.717) is 6.04 Å². The molecule has 2 heteroatoms. The molecule has 1 saturated carbocycles. The van der Waals surface area contributed by atoms with Crippen molar-refractivity contribution in [3.8, 4) is 0 Å². The molecule has 0 spiro atoms. The summed E-state index contributed by atoms with van der Waals surface area (Å²) in [6.07, 6.45) is 6.03. The van der Waals surface area contributed by atoms with Crippen LogP contribution in [0.25, 0.3) is 0 Å². The Morgan fingerprint density at radius 3 is 2.44 bits per heavy atom. The topological polar surface area (TPSA) is 20.3 Å². The van der Waals surface area contributed by atoms with Crippen LogP contribution in [-0.4, -0.2) is 30.3 Å². The second-order valence-corrected chi connectivity index (χ2v) is 5.99. The molecular weight excluding hydrogens is 198 g/mol. The van der Waals surface area contributed by atoms with Crippen molar-refractivity contribution in [2.45, 2.75) is 59.4 Å². The largest absolute Gasteiger partial charge is 0.303 e. The molecule has 0 radical (unpaired) electrons. The first kappa shape index (κ1) is 13.7. The Bertz CT molecular complexity index is 223. The molecule has 0 aliphatic heterocycles. The highest BCUT2D eigenvalue weighted by Gasteiger charge is 2.31. The number of hydrogen-bond acceptors (Lipinski definition) is 2. The lowest BCUT2D eigenvalue weighted by atomic mass is 9.86. The Morgan fingerprint density at radius 1 is 1.44 bits per heavy atom. The van der Waals surface area contributed by atoms with Crippen LogP contribution in [0.5, 0.6) is 0 Å². The van der Waals surface area contributed by atoms with Gasteiger partial charge in [0, 0.05) is 24.5 Å². The summed E-state index contributed by atoms with van der Waals surface area (Å²) in [4.78, 5) is 13.7. The van der Waals surface area contributed by atoms with Gasteiger partial charge in [-0.3, -0.25) is 4.90 Å². The van der Waals surface area contributed by atoms with Crippen LogP contribution in [0.1, 0.15) is 53.4 Å². The Balaban J connectivity index is 2.52. The van der Waals surface area contributed by atoms with E-state index in [1.165, 1.54) is 25.7 Å². The fourth-order valence-corrected chi connectivity index (χ4v) is 2.30. The van der Waals surface area contributed by atoms with E-state index in [1.807, 2.05) is 0 Å². The molecule has 2 nitrogen and oxygen atoms in total. The van der Waals surface area contributed by atoms with Gasteiger partial charge in [-0.1, -0.05) is 20.3 Å². The van der Waals surface area contributed by atoms with Gasteiger partial charge in [0.1, 0.15) is 6.29 Å². The van der Waals surface area contributed by atoms with Crippen LogP contribution in [0.2, 0.25) is 0 Å². The fraction of sp³-hybridized carbons (Fsp3) is 0.929. The van der Waals surface area contributed by atoms with Crippen LogP contribution >= 0.6 is 0 Å². The molecule has 0 aromatic carbocycles. The monoisotopic (exact) mass is 225 g/mol. The molecule has 0 aromatic heterocycles. The first-order chi connectivity index (χ1) is 7.50. The van der Waals surface area contributed by atoms with Crippen molar-refractivity contribution in [2.75, 3.05) is 13.1 Å². The highest BCUT2D eigenvalue weighted by molar-refractivity contribution is 5.59. The third kappa shape index (κ3) is 4.25. The molecule has 0 aromatic rings. The normalized spacial score (nSPS) is 20.1. The number of carbonyl (C=O) groups is 1. The molecule has 0 heterocycles. The van der Waals surface area contributed by atoms with Gasteiger partial charge >= 0.3 is 0 Å². The predicted molar refractivity (Wildman–Crippen MR) is 68.5 cm³/mol. The third-order valence-corrected chi connectivity index (χ3v) is 3.59. The lowest BCUT2D eigenvalue weighted by Crippen LogP contribution is -2.42. The highest BCUT2D eigenvalue weighted by atomic mass is 16.1. The summed E-state index contributed by atoms with van der Waals surface area (Å²) in [5.41, 5.74) is -0.145. The summed E-state index contributed by atoms with van der Waals surface area (Å²) in [5.74, 6) is 0.903. The Hall–Kier alpha value is -0.370. The molecule has 0 N–H and O–H groups in total. The quantitative estimate of drug-likeness (QED) is 0.592. The Kier molecular flexibility index (Phi) is 4.97. The maximum Gasteiger partial charge on any atom is 0.127 e. The molecule has 1 unspecified atom stereocenters. The number of nitrogens with zero attached hydrogens (tertiary/aromatic N) is 1. The van der Waals surface area contributed by atoms with Gasteiger partial charge in [-0.15, -0.1) is 0 Å². The number of hydrogen-bond donors (Lipinski definition) is 0. The van der Waals surface area contributed by atoms with Gasteiger partial charge in [0.05, 0.1) is 0 Å². The van der Waals surface area contributed by atoms with E-state index < -0.39 is 0 Å². The van der Waals surface area contributed by atoms with Crippen molar-refractivity contribution in [2.24, 2.45) is 11.3 Å². The second-order valence-electron chi connectivity index (χ2n) is 5.99. The lowest BCUT2D eigenvalue weighted by molar-refractivity contribution is -0.117. The average Bonchev–Trinajstić information content (AvgIpc) is 3.01. The number of carbonyl (C=O) groups excluding carboxylic acids is 1. The smallest absolute Gasteiger partial charge is 0.127 e. The van der Waals surface area contributed by atoms with Gasteiger partial charge in [0.2, 0.25) is 0 Å². The Labute approximate surface area is 100 Å². The summed E-state index contributed by atoms with van der Waals surface area (Å²) in [6.45, 7) is 10.8. The molecule has 1 rings (SSSR count). The van der Waals surface area contributed by atoms with Gasteiger partial charge in [-0.25, -0.2) is 0 Å². The van der Waals surface area contributed by atoms with Crippen molar-refractivity contribution in [3.05, 3.63) is 0 Å². The standard InChI is InChI=1S/C14H27NO/c1-5-8-14(4,11-16)10-15(12(2)3)9-13-6-7-13/h11-13H,5-10H2,1-4H3. The van der Waals surface area contributed by atoms with Crippen LogP contribution in [0.15, 0.2) is 0 Å². The summed E-state index contributed by atoms with van der Waals surface area (Å²) < 4.78 is 0. The average molecular weight is 225 g/mol. The van der Waals surface area contributed by atoms with Gasteiger partial charge in [0.25, 0.3) is 0 Å². The molecule has 1 aliphatic rings. The lowest BCUT2D eigenvalue weighted by Gasteiger charge is -2.34. The molecule has 1 atom stereocenters. The molecule has 1 aliphatic carbocycles. The summed E-state index contributed by atoms with van der Waals surface area (Å²) >= 11 is 0. The molecule has 0 bridgehead atoms. The van der Waals surface area contributed by atoms with Gasteiger partial charge in [-0.2, -0.15) is 0 Å². The van der Waals surface area contributed by atoms with Crippen molar-refractivity contribution in [1.29, 1.82) is 0 Å². The molecular formula is C14H27NO. The molecule has 94 valence electrons. The Morgan fingerprint density at radius 2 is 2.06 bits per heavy atom. The van der Waals surface area contributed by atoms with Gasteiger partial charge < -0.3 is 4.79 Å². The van der Waals surface area contributed by atoms with E-state index in [2.05, 4.69) is 32.6 Å². The van der Waals surface area contributed by atoms with E-state index in [0.717, 1.165) is 25.3 Å². The highest BCUT2D eigenvalue weighted by Crippen LogP contribution is 2.32. The van der Waals surface area contributed by atoms with E-state index >= 15 is 0 Å². The zero-order chi connectivity index (χ0) is 12.2. The summed E-state index contributed by atoms with van der Waals surface area (Å²) in [7, 11) is 0. The van der Waals surface area contributed by atoms with Crippen LogP contribution < -0.4 is 0 Å². The zero-order valence-corrected chi connectivity index (χ0v) is 11.3. The SMILES string of the molecule is CCCC(C)(C=O)CN(CC1CC1)C(C)C. The van der Waals surface area contributed by atoms with Crippen molar-refractivity contribution in [3.63, 3.8) is 0 Å². The number of aldehydes is 1. The zero-order valence-electron chi connectivity index (χ0n) is 11.3. The van der Waals surface area contributed by atoms with Crippen LogP contribution in [-0.2, 0) is 4.79 Å². The molecule has 0 saturated heterocycles. The summed E-state index contributed by atoms with van der Waals surface area (Å²) in [5, 5.41) is 0. The van der Waals surface area contributed by atoms with Crippen molar-refractivity contribution < 1.29 is 4.79 Å². The van der Waals surface area contributed by atoms with Gasteiger partial charge in [0.15, 0.2) is 0 Å². The van der Waals surface area contributed by atoms with E-state index in [4.69, 9.17) is 0 Å². The van der Waals surface area contributed by atoms with E-state index in [1.54, 1.807) is 0 Å². The molecule has 1 fully saturated rings. The second kappa shape index (κ2) is 5.81. The minimum Gasteiger partial charge on any atom is -0.303 e. The maximum absolute atomic E-state index is 11.2. The minimum atomic E-state index is -0.145. The van der Waals surface area contributed by atoms with Crippen LogP contribution in [0, 0.1) is 11.3 Å². The van der Waals surface area contributed by atoms with Crippen LogP contribution in [0.3, 0.4) is 0 Å². The minimum absolute atomic E-state index is 0.145. The predicted octanol–water partition coefficient (Wildman–Crippen LogP) is 3.11. The van der Waals surface area contributed by atoms with Crippen molar-refractivity contribution >= 4 is 6.29 Å². The number of rotatable bonds is 8. The maximum atomic E-state index is 11.2. The fourth-order valence-electron chi connectivity index (χ4n) is 2.30. The van der Waals surface area contributed by atoms with Gasteiger partial charge in [-0.05, 0) is 39.0 Å². The van der Waals surface area contributed by atoms with E-state index in [-0.39, 0.29) is 5.41 Å².